The number of nitrogens with zero attached hydrogens (tertiary/aromatic N) is 2. The van der Waals surface area contributed by atoms with E-state index in [0.717, 1.165) is 23.7 Å². The van der Waals surface area contributed by atoms with Gasteiger partial charge in [-0.3, -0.25) is 0 Å². The first kappa shape index (κ1) is 14.5. The molecule has 2 rings (SSSR count). The first-order chi connectivity index (χ1) is 8.88. The summed E-state index contributed by atoms with van der Waals surface area (Å²) in [7, 11) is 0. The molecule has 1 N–H and O–H groups in total. The lowest BCUT2D eigenvalue weighted by atomic mass is 9.91. The highest BCUT2D eigenvalue weighted by Gasteiger charge is 2.27. The first-order valence-corrected chi connectivity index (χ1v) is 7.65. The van der Waals surface area contributed by atoms with E-state index in [0.29, 0.717) is 4.88 Å². The number of aromatic nitrogens is 1. The van der Waals surface area contributed by atoms with E-state index in [9.17, 15) is 9.90 Å². The van der Waals surface area contributed by atoms with E-state index in [1.54, 1.807) is 0 Å². The van der Waals surface area contributed by atoms with Crippen molar-refractivity contribution in [3.63, 3.8) is 0 Å². The van der Waals surface area contributed by atoms with Crippen LogP contribution in [0.4, 0.5) is 0 Å². The van der Waals surface area contributed by atoms with Crippen LogP contribution in [-0.2, 0) is 11.8 Å². The molecular formula is C14H22N2O2S. The Morgan fingerprint density at radius 1 is 1.37 bits per heavy atom. The standard InChI is InChI=1S/C14H22N2O2S/c1-14(2,3)12-11(13(17)18)19-10(15-12)6-9-16-7-4-5-8-16/h4-9H2,1-3H3,(H,17,18). The van der Waals surface area contributed by atoms with Gasteiger partial charge in [0.05, 0.1) is 10.7 Å². The van der Waals surface area contributed by atoms with Crippen LogP contribution < -0.4 is 0 Å². The third-order valence-electron chi connectivity index (χ3n) is 3.42. The normalized spacial score (nSPS) is 17.0. The predicted octanol–water partition coefficient (Wildman–Crippen LogP) is 2.78. The molecule has 0 aliphatic carbocycles. The number of carbonyl (C=O) groups is 1. The number of likely N-dealkylation sites (tertiary alicyclic amines) is 1. The van der Waals surface area contributed by atoms with Gasteiger partial charge in [-0.2, -0.15) is 0 Å². The van der Waals surface area contributed by atoms with Gasteiger partial charge in [0.25, 0.3) is 0 Å². The molecule has 0 unspecified atom stereocenters. The summed E-state index contributed by atoms with van der Waals surface area (Å²) in [4.78, 5) is 18.7. The van der Waals surface area contributed by atoms with Crippen LogP contribution in [0.15, 0.2) is 0 Å². The van der Waals surface area contributed by atoms with Crippen LogP contribution in [-0.4, -0.2) is 40.6 Å². The average molecular weight is 282 g/mol. The van der Waals surface area contributed by atoms with Crippen LogP contribution in [0.25, 0.3) is 0 Å². The van der Waals surface area contributed by atoms with Crippen LogP contribution >= 0.6 is 11.3 Å². The fourth-order valence-electron chi connectivity index (χ4n) is 2.38. The van der Waals surface area contributed by atoms with Gasteiger partial charge in [0.15, 0.2) is 0 Å². The van der Waals surface area contributed by atoms with Gasteiger partial charge in [-0.15, -0.1) is 11.3 Å². The molecule has 0 saturated carbocycles. The van der Waals surface area contributed by atoms with Crippen LogP contribution in [0.3, 0.4) is 0 Å². The summed E-state index contributed by atoms with van der Waals surface area (Å²) in [5, 5.41) is 10.2. The minimum Gasteiger partial charge on any atom is -0.477 e. The number of hydrogen-bond acceptors (Lipinski definition) is 4. The van der Waals surface area contributed by atoms with Gasteiger partial charge < -0.3 is 10.0 Å². The van der Waals surface area contributed by atoms with Gasteiger partial charge in [-0.05, 0) is 25.9 Å². The molecule has 0 radical (unpaired) electrons. The molecule has 4 nitrogen and oxygen atoms in total. The Balaban J connectivity index is 2.11. The zero-order chi connectivity index (χ0) is 14.0. The Bertz CT molecular complexity index is 457. The molecule has 0 aromatic carbocycles. The smallest absolute Gasteiger partial charge is 0.347 e. The van der Waals surface area contributed by atoms with Gasteiger partial charge >= 0.3 is 5.97 Å². The molecule has 2 heterocycles. The second kappa shape index (κ2) is 5.59. The molecule has 1 aliphatic rings. The molecule has 1 aromatic rings. The largest absolute Gasteiger partial charge is 0.477 e. The van der Waals surface area contributed by atoms with Crippen molar-refractivity contribution in [1.82, 2.24) is 9.88 Å². The molecule has 19 heavy (non-hydrogen) atoms. The van der Waals surface area contributed by atoms with Crippen LogP contribution in [0.5, 0.6) is 0 Å². The molecule has 5 heteroatoms. The third-order valence-corrected chi connectivity index (χ3v) is 4.52. The van der Waals surface area contributed by atoms with Crippen molar-refractivity contribution in [3.05, 3.63) is 15.6 Å². The molecule has 106 valence electrons. The summed E-state index contributed by atoms with van der Waals surface area (Å²) in [5.74, 6) is -0.852. The van der Waals surface area contributed by atoms with E-state index in [1.165, 1.54) is 37.3 Å². The fourth-order valence-corrected chi connectivity index (χ4v) is 3.49. The number of carboxylic acids is 1. The van der Waals surface area contributed by atoms with E-state index in [4.69, 9.17) is 0 Å². The monoisotopic (exact) mass is 282 g/mol. The maximum absolute atomic E-state index is 11.3. The summed E-state index contributed by atoms with van der Waals surface area (Å²) in [5.41, 5.74) is 0.511. The zero-order valence-corrected chi connectivity index (χ0v) is 12.7. The highest BCUT2D eigenvalue weighted by atomic mass is 32.1. The van der Waals surface area contributed by atoms with E-state index < -0.39 is 5.97 Å². The number of rotatable bonds is 4. The molecule has 0 bridgehead atoms. The van der Waals surface area contributed by atoms with E-state index in [2.05, 4.69) is 9.88 Å². The second-order valence-electron chi connectivity index (χ2n) is 6.14. The van der Waals surface area contributed by atoms with E-state index in [-0.39, 0.29) is 5.41 Å². The Morgan fingerprint density at radius 2 is 2.00 bits per heavy atom. The first-order valence-electron chi connectivity index (χ1n) is 6.84. The number of carboxylic acid groups (broad SMARTS) is 1. The lowest BCUT2D eigenvalue weighted by Crippen LogP contribution is -2.22. The lowest BCUT2D eigenvalue weighted by molar-refractivity contribution is 0.0699. The lowest BCUT2D eigenvalue weighted by Gasteiger charge is -2.16. The quantitative estimate of drug-likeness (QED) is 0.922. The fraction of sp³-hybridized carbons (Fsp3) is 0.714. The maximum Gasteiger partial charge on any atom is 0.347 e. The summed E-state index contributed by atoms with van der Waals surface area (Å²) in [6.07, 6.45) is 3.43. The van der Waals surface area contributed by atoms with Crippen LogP contribution in [0.1, 0.15) is 54.0 Å². The van der Waals surface area contributed by atoms with Crippen molar-refractivity contribution in [2.45, 2.75) is 45.4 Å². The molecule has 1 aliphatic heterocycles. The van der Waals surface area contributed by atoms with Gasteiger partial charge in [-0.1, -0.05) is 20.8 Å². The highest BCUT2D eigenvalue weighted by Crippen LogP contribution is 2.30. The topological polar surface area (TPSA) is 53.4 Å². The SMILES string of the molecule is CC(C)(C)c1nc(CCN2CCCC2)sc1C(=O)O. The van der Waals surface area contributed by atoms with Crippen molar-refractivity contribution in [3.8, 4) is 0 Å². The van der Waals surface area contributed by atoms with Crippen LogP contribution in [0.2, 0.25) is 0 Å². The minimum absolute atomic E-state index is 0.212. The predicted molar refractivity (Wildman–Crippen MR) is 77.2 cm³/mol. The van der Waals surface area contributed by atoms with Crippen molar-refractivity contribution in [2.24, 2.45) is 0 Å². The Kier molecular flexibility index (Phi) is 4.26. The Morgan fingerprint density at radius 3 is 2.47 bits per heavy atom. The summed E-state index contributed by atoms with van der Waals surface area (Å²) >= 11 is 1.34. The minimum atomic E-state index is -0.852. The molecule has 1 saturated heterocycles. The Hall–Kier alpha value is -0.940. The third kappa shape index (κ3) is 3.54. The number of thiazole rings is 1. The van der Waals surface area contributed by atoms with Gasteiger partial charge in [0, 0.05) is 18.4 Å². The molecule has 0 spiro atoms. The molecular weight excluding hydrogens is 260 g/mol. The average Bonchev–Trinajstić information content (AvgIpc) is 2.94. The highest BCUT2D eigenvalue weighted by molar-refractivity contribution is 7.13. The second-order valence-corrected chi connectivity index (χ2v) is 7.22. The molecule has 0 amide bonds. The molecule has 1 fully saturated rings. The van der Waals surface area contributed by atoms with Gasteiger partial charge in [0.1, 0.15) is 4.88 Å². The Labute approximate surface area is 118 Å². The molecule has 1 aromatic heterocycles. The molecule has 0 atom stereocenters. The summed E-state index contributed by atoms with van der Waals surface area (Å²) in [6.45, 7) is 9.37. The van der Waals surface area contributed by atoms with Crippen LogP contribution in [0, 0.1) is 0 Å². The van der Waals surface area contributed by atoms with Gasteiger partial charge in [0.2, 0.25) is 0 Å². The number of hydrogen-bond donors (Lipinski definition) is 1. The van der Waals surface area contributed by atoms with Crippen molar-refractivity contribution in [2.75, 3.05) is 19.6 Å². The van der Waals surface area contributed by atoms with E-state index in [1.807, 2.05) is 20.8 Å². The van der Waals surface area contributed by atoms with E-state index >= 15 is 0 Å². The summed E-state index contributed by atoms with van der Waals surface area (Å²) in [6, 6.07) is 0. The van der Waals surface area contributed by atoms with Crippen molar-refractivity contribution < 1.29 is 9.90 Å². The van der Waals surface area contributed by atoms with Crippen molar-refractivity contribution in [1.29, 1.82) is 0 Å². The summed E-state index contributed by atoms with van der Waals surface area (Å²) < 4.78 is 0. The van der Waals surface area contributed by atoms with Crippen molar-refractivity contribution >= 4 is 17.3 Å². The number of aromatic carboxylic acids is 1. The van der Waals surface area contributed by atoms with Gasteiger partial charge in [-0.25, -0.2) is 9.78 Å². The zero-order valence-electron chi connectivity index (χ0n) is 11.9. The maximum atomic E-state index is 11.3.